The summed E-state index contributed by atoms with van der Waals surface area (Å²) in [6.07, 6.45) is -0.193. The van der Waals surface area contributed by atoms with Crippen LogP contribution >= 0.6 is 0 Å². The van der Waals surface area contributed by atoms with E-state index in [4.69, 9.17) is 11.3 Å². The predicted molar refractivity (Wildman–Crippen MR) is 52.7 cm³/mol. The van der Waals surface area contributed by atoms with Gasteiger partial charge in [-0.25, -0.2) is 5.53 Å². The zero-order chi connectivity index (χ0) is 12.9. The molecule has 0 fully saturated rings. The topological polar surface area (TPSA) is 96.7 Å². The van der Waals surface area contributed by atoms with Crippen molar-refractivity contribution in [2.75, 3.05) is 12.3 Å². The average molecular weight is 249 g/mol. The van der Waals surface area contributed by atoms with Crippen LogP contribution in [-0.2, 0) is 6.54 Å². The van der Waals surface area contributed by atoms with Crippen molar-refractivity contribution in [1.82, 2.24) is 9.78 Å². The highest BCUT2D eigenvalue weighted by Crippen LogP contribution is 2.10. The molecular weight excluding hydrogens is 237 g/mol. The maximum absolute atomic E-state index is 11.9. The summed E-state index contributed by atoms with van der Waals surface area (Å²) in [5, 5.41) is 7.87. The maximum Gasteiger partial charge on any atom is 0.438 e. The van der Waals surface area contributed by atoms with E-state index >= 15 is 0 Å². The van der Waals surface area contributed by atoms with E-state index in [1.807, 2.05) is 0 Å². The SMILES string of the molecule is N=N/C(=C\[NH2+]CC(F)(F)F)Cn1cc(N)cn1. The van der Waals surface area contributed by atoms with Gasteiger partial charge in [0.05, 0.1) is 18.4 Å². The van der Waals surface area contributed by atoms with Crippen molar-refractivity contribution in [1.29, 1.82) is 5.53 Å². The molecule has 0 aromatic carbocycles. The number of allylic oxidation sites excluding steroid dienone is 1. The second-order valence-electron chi connectivity index (χ2n) is 3.30. The summed E-state index contributed by atoms with van der Waals surface area (Å²) in [6, 6.07) is 0. The van der Waals surface area contributed by atoms with Crippen LogP contribution in [0.1, 0.15) is 0 Å². The van der Waals surface area contributed by atoms with Gasteiger partial charge in [0.25, 0.3) is 0 Å². The van der Waals surface area contributed by atoms with Gasteiger partial charge in [-0.3, -0.25) is 4.68 Å². The van der Waals surface area contributed by atoms with E-state index in [2.05, 4.69) is 10.2 Å². The van der Waals surface area contributed by atoms with Crippen molar-refractivity contribution < 1.29 is 18.5 Å². The minimum absolute atomic E-state index is 0.106. The molecule has 0 unspecified atom stereocenters. The first kappa shape index (κ1) is 13.2. The molecule has 0 spiro atoms. The first-order valence-electron chi connectivity index (χ1n) is 4.65. The molecule has 6 nitrogen and oxygen atoms in total. The molecule has 0 amide bonds. The number of alkyl halides is 3. The van der Waals surface area contributed by atoms with E-state index in [1.165, 1.54) is 17.1 Å². The molecule has 0 radical (unpaired) electrons. The van der Waals surface area contributed by atoms with Crippen molar-refractivity contribution >= 4 is 5.69 Å². The molecule has 0 aliphatic carbocycles. The van der Waals surface area contributed by atoms with Crippen molar-refractivity contribution in [3.8, 4) is 0 Å². The van der Waals surface area contributed by atoms with E-state index < -0.39 is 12.7 Å². The minimum Gasteiger partial charge on any atom is -0.396 e. The Labute approximate surface area is 94.8 Å². The largest absolute Gasteiger partial charge is 0.438 e. The van der Waals surface area contributed by atoms with Crippen molar-refractivity contribution in [3.63, 3.8) is 0 Å². The van der Waals surface area contributed by atoms with E-state index in [0.29, 0.717) is 5.69 Å². The molecular formula is C8H12F3N6+. The van der Waals surface area contributed by atoms with Crippen LogP contribution in [0.15, 0.2) is 29.4 Å². The molecule has 0 bridgehead atoms. The number of hydrogen-bond acceptors (Lipinski definition) is 4. The smallest absolute Gasteiger partial charge is 0.396 e. The van der Waals surface area contributed by atoms with Gasteiger partial charge in [-0.1, -0.05) is 0 Å². The molecule has 5 N–H and O–H groups in total. The highest BCUT2D eigenvalue weighted by atomic mass is 19.4. The van der Waals surface area contributed by atoms with Gasteiger partial charge in [0.2, 0.25) is 0 Å². The van der Waals surface area contributed by atoms with Gasteiger partial charge in [-0.15, -0.1) is 0 Å². The van der Waals surface area contributed by atoms with Gasteiger partial charge in [0.15, 0.2) is 6.54 Å². The van der Waals surface area contributed by atoms with Crippen molar-refractivity contribution in [3.05, 3.63) is 24.3 Å². The number of rotatable bonds is 5. The number of halogens is 3. The Morgan fingerprint density at radius 3 is 2.82 bits per heavy atom. The summed E-state index contributed by atoms with van der Waals surface area (Å²) in [5.41, 5.74) is 12.9. The number of quaternary nitrogens is 1. The van der Waals surface area contributed by atoms with Crippen molar-refractivity contribution in [2.24, 2.45) is 5.11 Å². The third-order valence-electron chi connectivity index (χ3n) is 1.78. The molecule has 1 aromatic heterocycles. The predicted octanol–water partition coefficient (Wildman–Crippen LogP) is 0.463. The lowest BCUT2D eigenvalue weighted by atomic mass is 10.4. The molecule has 0 saturated heterocycles. The summed E-state index contributed by atoms with van der Waals surface area (Å²) in [7, 11) is 0. The number of aromatic nitrogens is 2. The number of hydrogen-bond donors (Lipinski definition) is 3. The molecule has 9 heteroatoms. The lowest BCUT2D eigenvalue weighted by Gasteiger charge is -2.03. The van der Waals surface area contributed by atoms with E-state index in [9.17, 15) is 13.2 Å². The van der Waals surface area contributed by atoms with Gasteiger partial charge >= 0.3 is 6.18 Å². The second kappa shape index (κ2) is 5.43. The molecule has 1 heterocycles. The van der Waals surface area contributed by atoms with Gasteiger partial charge in [0, 0.05) is 6.20 Å². The molecule has 94 valence electrons. The molecule has 1 aromatic rings. The highest BCUT2D eigenvalue weighted by molar-refractivity contribution is 5.30. The standard InChI is InChI=1S/C8H11F3N6/c9-8(10,11)5-14-2-7(16-13)4-17-3-6(12)1-15-17/h1-3,13-14H,4-5,12H2/p+1/b7-2-,16-13?. The van der Waals surface area contributed by atoms with Crippen LogP contribution in [0.25, 0.3) is 0 Å². The molecule has 0 aliphatic heterocycles. The number of nitrogen functional groups attached to an aromatic ring is 1. The number of nitrogens with one attached hydrogen (secondary N) is 1. The summed E-state index contributed by atoms with van der Waals surface area (Å²) in [6.45, 7) is -0.942. The Morgan fingerprint density at radius 2 is 2.35 bits per heavy atom. The molecule has 0 saturated carbocycles. The van der Waals surface area contributed by atoms with Crippen LogP contribution in [0, 0.1) is 5.53 Å². The summed E-state index contributed by atoms with van der Waals surface area (Å²) >= 11 is 0. The monoisotopic (exact) mass is 249 g/mol. The summed E-state index contributed by atoms with van der Waals surface area (Å²) in [5.74, 6) is 0. The zero-order valence-electron chi connectivity index (χ0n) is 8.78. The molecule has 0 aliphatic rings. The van der Waals surface area contributed by atoms with E-state index in [0.717, 1.165) is 11.5 Å². The normalized spacial score (nSPS) is 12.8. The highest BCUT2D eigenvalue weighted by Gasteiger charge is 2.29. The lowest BCUT2D eigenvalue weighted by Crippen LogP contribution is -2.81. The molecule has 0 atom stereocenters. The first-order valence-corrected chi connectivity index (χ1v) is 4.65. The number of nitrogens with two attached hydrogens (primary N) is 2. The van der Waals surface area contributed by atoms with Crippen LogP contribution < -0.4 is 11.1 Å². The Balaban J connectivity index is 2.53. The number of anilines is 1. The third-order valence-corrected chi connectivity index (χ3v) is 1.78. The van der Waals surface area contributed by atoms with Crippen LogP contribution in [0.5, 0.6) is 0 Å². The summed E-state index contributed by atoms with van der Waals surface area (Å²) < 4.78 is 37.0. The molecule has 1 rings (SSSR count). The maximum atomic E-state index is 11.9. The van der Waals surface area contributed by atoms with Gasteiger partial charge in [0.1, 0.15) is 11.9 Å². The average Bonchev–Trinajstić information content (AvgIpc) is 2.60. The van der Waals surface area contributed by atoms with Crippen LogP contribution in [0.3, 0.4) is 0 Å². The third kappa shape index (κ3) is 5.11. The van der Waals surface area contributed by atoms with Crippen LogP contribution in [0.4, 0.5) is 18.9 Å². The number of nitrogens with zero attached hydrogens (tertiary/aromatic N) is 3. The molecule has 17 heavy (non-hydrogen) atoms. The Hall–Kier alpha value is -1.90. The summed E-state index contributed by atoms with van der Waals surface area (Å²) in [4.78, 5) is 0. The second-order valence-corrected chi connectivity index (χ2v) is 3.30. The zero-order valence-corrected chi connectivity index (χ0v) is 8.78. The van der Waals surface area contributed by atoms with Gasteiger partial charge < -0.3 is 11.1 Å². The first-order chi connectivity index (χ1) is 7.90. The van der Waals surface area contributed by atoms with Crippen LogP contribution in [-0.4, -0.2) is 22.5 Å². The van der Waals surface area contributed by atoms with Gasteiger partial charge in [-0.2, -0.15) is 23.4 Å². The van der Waals surface area contributed by atoms with Crippen LogP contribution in [0.2, 0.25) is 0 Å². The minimum atomic E-state index is -4.25. The van der Waals surface area contributed by atoms with E-state index in [1.54, 1.807) is 0 Å². The lowest BCUT2D eigenvalue weighted by molar-refractivity contribution is -0.615. The Bertz CT molecular complexity index is 408. The Morgan fingerprint density at radius 1 is 1.65 bits per heavy atom. The quantitative estimate of drug-likeness (QED) is 0.661. The fraction of sp³-hybridized carbons (Fsp3) is 0.375. The Kier molecular flexibility index (Phi) is 4.21. The fourth-order valence-corrected chi connectivity index (χ4v) is 1.09. The fourth-order valence-electron chi connectivity index (χ4n) is 1.09. The van der Waals surface area contributed by atoms with Crippen molar-refractivity contribution in [2.45, 2.75) is 12.7 Å². The van der Waals surface area contributed by atoms with Gasteiger partial charge in [-0.05, 0) is 0 Å². The van der Waals surface area contributed by atoms with E-state index in [-0.39, 0.29) is 12.2 Å².